The van der Waals surface area contributed by atoms with Crippen molar-refractivity contribution < 1.29 is 0 Å². The van der Waals surface area contributed by atoms with Gasteiger partial charge in [0.1, 0.15) is 20.8 Å². The van der Waals surface area contributed by atoms with Gasteiger partial charge in [0.15, 0.2) is 0 Å². The predicted octanol–water partition coefficient (Wildman–Crippen LogP) is 4.89. The minimum atomic E-state index is 0.217. The molecule has 0 spiro atoms. The van der Waals surface area contributed by atoms with Gasteiger partial charge in [-0.2, -0.15) is 0 Å². The summed E-state index contributed by atoms with van der Waals surface area (Å²) in [7, 11) is 0. The highest BCUT2D eigenvalue weighted by molar-refractivity contribution is 8.02. The summed E-state index contributed by atoms with van der Waals surface area (Å²) in [5, 5.41) is 2.71. The van der Waals surface area contributed by atoms with Crippen molar-refractivity contribution in [2.75, 3.05) is 4.90 Å². The van der Waals surface area contributed by atoms with Gasteiger partial charge < -0.3 is 4.90 Å². The van der Waals surface area contributed by atoms with Crippen LogP contribution in [-0.4, -0.2) is 9.97 Å². The second-order valence-electron chi connectivity index (χ2n) is 5.48. The van der Waals surface area contributed by atoms with Crippen LogP contribution in [-0.2, 0) is 0 Å². The van der Waals surface area contributed by atoms with Crippen LogP contribution in [0.1, 0.15) is 21.9 Å². The van der Waals surface area contributed by atoms with Gasteiger partial charge in [0.2, 0.25) is 0 Å². The lowest BCUT2D eigenvalue weighted by atomic mass is 10.1. The van der Waals surface area contributed by atoms with Crippen LogP contribution in [0.5, 0.6) is 0 Å². The first-order valence-corrected chi connectivity index (χ1v) is 9.24. The summed E-state index contributed by atoms with van der Waals surface area (Å²) in [6, 6.07) is 19.1. The lowest BCUT2D eigenvalue weighted by Crippen LogP contribution is -2.36. The molecule has 0 aliphatic carbocycles. The van der Waals surface area contributed by atoms with Crippen LogP contribution in [0.3, 0.4) is 0 Å². The van der Waals surface area contributed by atoms with Gasteiger partial charge in [-0.1, -0.05) is 53.9 Å². The fraction of sp³-hybridized carbons (Fsp3) is 0.111. The van der Waals surface area contributed by atoms with Gasteiger partial charge in [0, 0.05) is 29.2 Å². The minimum absolute atomic E-state index is 0.217. The monoisotopic (exact) mass is 335 g/mol. The molecule has 2 atom stereocenters. The molecule has 0 amide bonds. The van der Waals surface area contributed by atoms with Crippen molar-refractivity contribution in [3.8, 4) is 0 Å². The number of thioether (sulfide) groups is 2. The van der Waals surface area contributed by atoms with E-state index in [-0.39, 0.29) is 10.7 Å². The molecular weight excluding hydrogens is 322 g/mol. The van der Waals surface area contributed by atoms with Gasteiger partial charge in [-0.05, 0) is 24.3 Å². The Labute approximate surface area is 143 Å². The van der Waals surface area contributed by atoms with Crippen molar-refractivity contribution in [2.45, 2.75) is 20.8 Å². The van der Waals surface area contributed by atoms with E-state index in [1.807, 2.05) is 48.1 Å². The highest BCUT2D eigenvalue weighted by Gasteiger charge is 2.42. The molecule has 0 radical (unpaired) electrons. The molecule has 2 aliphatic heterocycles. The van der Waals surface area contributed by atoms with Crippen molar-refractivity contribution in [1.29, 1.82) is 0 Å². The molecule has 2 unspecified atom stereocenters. The summed E-state index contributed by atoms with van der Waals surface area (Å²) in [6.45, 7) is 0. The molecule has 2 aromatic heterocycles. The zero-order valence-electron chi connectivity index (χ0n) is 12.2. The zero-order chi connectivity index (χ0) is 15.2. The molecule has 0 saturated heterocycles. The van der Waals surface area contributed by atoms with Gasteiger partial charge in [-0.15, -0.1) is 0 Å². The normalized spacial score (nSPS) is 21.5. The molecule has 0 saturated carbocycles. The molecule has 1 aromatic carbocycles. The molecular formula is C18H13N3S2. The Morgan fingerprint density at radius 3 is 1.83 bits per heavy atom. The van der Waals surface area contributed by atoms with Crippen LogP contribution < -0.4 is 4.90 Å². The SMILES string of the molecule is c1ccc(N2C3Sc4ncccc4C2Sc2ncccc23)cc1. The molecule has 3 aromatic rings. The topological polar surface area (TPSA) is 29.0 Å². The number of fused-ring (bicyclic) bond motifs is 6. The molecule has 5 heteroatoms. The highest BCUT2D eigenvalue weighted by Crippen LogP contribution is 2.60. The number of aromatic nitrogens is 2. The first-order valence-electron chi connectivity index (χ1n) is 7.48. The Morgan fingerprint density at radius 1 is 0.696 bits per heavy atom. The Hall–Kier alpha value is -1.98. The van der Waals surface area contributed by atoms with Crippen LogP contribution in [0.4, 0.5) is 5.69 Å². The third-order valence-corrected chi connectivity index (χ3v) is 6.68. The maximum absolute atomic E-state index is 4.61. The van der Waals surface area contributed by atoms with Gasteiger partial charge in [-0.3, -0.25) is 0 Å². The van der Waals surface area contributed by atoms with Crippen molar-refractivity contribution in [3.63, 3.8) is 0 Å². The summed E-state index contributed by atoms with van der Waals surface area (Å²) in [5.41, 5.74) is 3.80. The number of hydrogen-bond donors (Lipinski definition) is 0. The number of benzene rings is 1. The van der Waals surface area contributed by atoms with E-state index < -0.39 is 0 Å². The van der Waals surface area contributed by atoms with Crippen molar-refractivity contribution in [3.05, 3.63) is 78.1 Å². The van der Waals surface area contributed by atoms with Crippen LogP contribution in [0.25, 0.3) is 0 Å². The van der Waals surface area contributed by atoms with Crippen LogP contribution >= 0.6 is 23.5 Å². The number of para-hydroxylation sites is 1. The quantitative estimate of drug-likeness (QED) is 0.631. The molecule has 23 heavy (non-hydrogen) atoms. The molecule has 2 bridgehead atoms. The average molecular weight is 335 g/mol. The smallest absolute Gasteiger partial charge is 0.111 e. The summed E-state index contributed by atoms with van der Waals surface area (Å²) in [6.07, 6.45) is 3.77. The number of nitrogens with zero attached hydrogens (tertiary/aromatic N) is 3. The van der Waals surface area contributed by atoms with Gasteiger partial charge in [-0.25, -0.2) is 9.97 Å². The van der Waals surface area contributed by atoms with Gasteiger partial charge in [0.25, 0.3) is 0 Å². The lowest BCUT2D eigenvalue weighted by molar-refractivity contribution is 0.693. The third-order valence-electron chi connectivity index (χ3n) is 4.14. The van der Waals surface area contributed by atoms with E-state index in [4.69, 9.17) is 0 Å². The zero-order valence-corrected chi connectivity index (χ0v) is 13.8. The van der Waals surface area contributed by atoms with E-state index >= 15 is 0 Å². The molecule has 3 nitrogen and oxygen atoms in total. The standard InChI is InChI=1S/C18H13N3S2/c1-2-6-12(7-3-1)21-17-13-8-4-10-19-15(13)22-18(21)14-9-5-11-20-16(14)23-17/h1-11,17-18H. The molecule has 2 aliphatic rings. The molecule has 0 N–H and O–H groups in total. The number of pyridine rings is 2. The summed E-state index contributed by atoms with van der Waals surface area (Å²) < 4.78 is 0. The van der Waals surface area contributed by atoms with Crippen LogP contribution in [0, 0.1) is 0 Å². The Balaban J connectivity index is 1.73. The van der Waals surface area contributed by atoms with Crippen LogP contribution in [0.2, 0.25) is 0 Å². The maximum Gasteiger partial charge on any atom is 0.111 e. The fourth-order valence-electron chi connectivity index (χ4n) is 3.12. The van der Waals surface area contributed by atoms with Crippen molar-refractivity contribution >= 4 is 29.2 Å². The summed E-state index contributed by atoms with van der Waals surface area (Å²) in [5.74, 6) is 0. The largest absolute Gasteiger partial charge is 0.338 e. The molecule has 0 fully saturated rings. The number of rotatable bonds is 1. The Morgan fingerprint density at radius 2 is 1.26 bits per heavy atom. The van der Waals surface area contributed by atoms with E-state index in [0.717, 1.165) is 10.1 Å². The molecule has 4 heterocycles. The predicted molar refractivity (Wildman–Crippen MR) is 94.6 cm³/mol. The first-order chi connectivity index (χ1) is 11.4. The minimum Gasteiger partial charge on any atom is -0.338 e. The number of anilines is 1. The second-order valence-corrected chi connectivity index (χ2v) is 7.62. The van der Waals surface area contributed by atoms with Gasteiger partial charge in [0.05, 0.1) is 0 Å². The van der Waals surface area contributed by atoms with Crippen molar-refractivity contribution in [2.24, 2.45) is 0 Å². The Kier molecular flexibility index (Phi) is 3.09. The van der Waals surface area contributed by atoms with E-state index in [1.54, 1.807) is 0 Å². The number of hydrogen-bond acceptors (Lipinski definition) is 5. The third kappa shape index (κ3) is 2.07. The molecule has 112 valence electrons. The van der Waals surface area contributed by atoms with E-state index in [2.05, 4.69) is 57.3 Å². The lowest BCUT2D eigenvalue weighted by Gasteiger charge is -2.46. The molecule has 5 rings (SSSR count). The summed E-state index contributed by atoms with van der Waals surface area (Å²) >= 11 is 3.64. The fourth-order valence-corrected chi connectivity index (χ4v) is 6.00. The average Bonchev–Trinajstić information content (AvgIpc) is 2.62. The van der Waals surface area contributed by atoms with E-state index in [0.29, 0.717) is 0 Å². The maximum atomic E-state index is 4.61. The summed E-state index contributed by atoms with van der Waals surface area (Å²) in [4.78, 5) is 11.7. The van der Waals surface area contributed by atoms with E-state index in [9.17, 15) is 0 Å². The Bertz CT molecular complexity index is 815. The first kappa shape index (κ1) is 13.5. The highest BCUT2D eigenvalue weighted by atomic mass is 32.2. The second kappa shape index (κ2) is 5.28. The van der Waals surface area contributed by atoms with Crippen molar-refractivity contribution in [1.82, 2.24) is 9.97 Å². The van der Waals surface area contributed by atoms with E-state index in [1.165, 1.54) is 16.8 Å². The van der Waals surface area contributed by atoms with Crippen LogP contribution in [0.15, 0.2) is 77.0 Å². The van der Waals surface area contributed by atoms with Gasteiger partial charge >= 0.3 is 0 Å².